The van der Waals surface area contributed by atoms with Gasteiger partial charge in [-0.15, -0.1) is 0 Å². The molecule has 26 nitrogen and oxygen atoms in total. The molecule has 1 aliphatic carbocycles. The van der Waals surface area contributed by atoms with Crippen LogP contribution in [0.3, 0.4) is 0 Å². The van der Waals surface area contributed by atoms with Gasteiger partial charge in [-0.25, -0.2) is 19.4 Å². The smallest absolute Gasteiger partial charge is 0.412 e. The van der Waals surface area contributed by atoms with Crippen LogP contribution in [0.2, 0.25) is 0 Å². The normalized spacial score (nSPS) is 19.6. The van der Waals surface area contributed by atoms with E-state index in [1.807, 2.05) is 48.5 Å². The maximum absolute atomic E-state index is 14.3. The summed E-state index contributed by atoms with van der Waals surface area (Å²) in [6.45, 7) is 6.43. The molecule has 1 saturated heterocycles. The van der Waals surface area contributed by atoms with Gasteiger partial charge >= 0.3 is 42.0 Å². The Labute approximate surface area is 526 Å². The number of nitrogens with zero attached hydrogens (tertiary/aromatic N) is 2. The number of anilines is 2. The summed E-state index contributed by atoms with van der Waals surface area (Å²) in [4.78, 5) is 124. The highest BCUT2D eigenvalue weighted by Gasteiger charge is 2.54. The number of rotatable bonds is 21. The summed E-state index contributed by atoms with van der Waals surface area (Å²) in [5.74, 6) is -4.79. The molecule has 6 atom stereocenters. The Balaban J connectivity index is 0.871. The number of amides is 3. The van der Waals surface area contributed by atoms with Crippen LogP contribution in [0.1, 0.15) is 119 Å². The lowest BCUT2D eigenvalue weighted by atomic mass is 9.86. The van der Waals surface area contributed by atoms with Gasteiger partial charge in [-0.3, -0.25) is 34.1 Å². The van der Waals surface area contributed by atoms with Crippen molar-refractivity contribution in [3.63, 3.8) is 0 Å². The first-order valence-electron chi connectivity index (χ1n) is 30.1. The number of pyridine rings is 2. The van der Waals surface area contributed by atoms with E-state index in [4.69, 9.17) is 57.1 Å². The lowest BCUT2D eigenvalue weighted by molar-refractivity contribution is -0.288. The number of esters is 5. The second-order valence-electron chi connectivity index (χ2n) is 22.6. The summed E-state index contributed by atoms with van der Waals surface area (Å²) >= 11 is 0. The van der Waals surface area contributed by atoms with Crippen molar-refractivity contribution < 1.29 is 95.6 Å². The number of carbonyl (C=O) groups excluding carboxylic acids is 8. The molecule has 0 radical (unpaired) electrons. The molecule has 3 amide bonds. The zero-order valence-corrected chi connectivity index (χ0v) is 51.2. The van der Waals surface area contributed by atoms with Gasteiger partial charge in [0.15, 0.2) is 29.3 Å². The summed E-state index contributed by atoms with van der Waals surface area (Å²) in [5, 5.41) is 20.3. The molecule has 1 fully saturated rings. The molecule has 6 aromatic rings. The average Bonchev–Trinajstić information content (AvgIpc) is 1.49. The van der Waals surface area contributed by atoms with E-state index in [0.717, 1.165) is 68.4 Å². The lowest BCUT2D eigenvalue weighted by Gasteiger charge is -2.44. The van der Waals surface area contributed by atoms with Crippen molar-refractivity contribution in [1.29, 1.82) is 0 Å². The molecular weight excluding hydrogens is 1200 g/mol. The van der Waals surface area contributed by atoms with Crippen LogP contribution < -0.4 is 35.7 Å². The lowest BCUT2D eigenvalue weighted by Crippen LogP contribution is -2.63. The summed E-state index contributed by atoms with van der Waals surface area (Å²) in [5.41, 5.74) is 4.98. The van der Waals surface area contributed by atoms with E-state index in [0.29, 0.717) is 40.7 Å². The number of hydrogen-bond donors (Lipinski definition) is 4. The van der Waals surface area contributed by atoms with Crippen molar-refractivity contribution in [3.8, 4) is 39.8 Å². The fourth-order valence-corrected chi connectivity index (χ4v) is 12.3. The van der Waals surface area contributed by atoms with Gasteiger partial charge in [0, 0.05) is 69.2 Å². The number of aryl methyl sites for hydroxylation is 1. The SMILES string of the molecule is CCCCCc1c2c(nc3cc4c(c(NC(=O)OCc5ccc(O[C@H]6O[C@H](COC(C)=O)[C@@H](OC(C)=O)C(OC(C)=O)[C@@H]6OC(C)=O)c(NC(=O)CCNC(=O)OCC6c7ccccc7-c7ccccc76)c5)c13)OCO4)-c1cc3c(c(=O)n1C2)COC(=O)[C@]3(O)CC. The van der Waals surface area contributed by atoms with Crippen molar-refractivity contribution in [2.75, 3.05) is 37.2 Å². The van der Waals surface area contributed by atoms with E-state index >= 15 is 0 Å². The van der Waals surface area contributed by atoms with E-state index in [1.54, 1.807) is 19.1 Å². The van der Waals surface area contributed by atoms with Crippen LogP contribution in [0.5, 0.6) is 17.2 Å². The van der Waals surface area contributed by atoms with Gasteiger partial charge in [0.2, 0.25) is 25.1 Å². The topological polar surface area (TPSA) is 329 Å². The third-order valence-corrected chi connectivity index (χ3v) is 16.5. The van der Waals surface area contributed by atoms with Crippen LogP contribution in [-0.4, -0.2) is 120 Å². The highest BCUT2D eigenvalue weighted by molar-refractivity contribution is 6.07. The minimum atomic E-state index is -2.05. The zero-order valence-electron chi connectivity index (χ0n) is 51.2. The van der Waals surface area contributed by atoms with E-state index in [-0.39, 0.29) is 97.2 Å². The van der Waals surface area contributed by atoms with Crippen LogP contribution in [0.4, 0.5) is 21.0 Å². The van der Waals surface area contributed by atoms with Crippen molar-refractivity contribution in [2.45, 2.75) is 142 Å². The third-order valence-electron chi connectivity index (χ3n) is 16.5. The number of aromatic nitrogens is 2. The first-order valence-corrected chi connectivity index (χ1v) is 30.1. The average molecular weight is 1270 g/mol. The molecule has 5 aliphatic rings. The van der Waals surface area contributed by atoms with Gasteiger partial charge in [0.05, 0.1) is 34.7 Å². The number of unbranched alkanes of at least 4 members (excludes halogenated alkanes) is 2. The van der Waals surface area contributed by atoms with Crippen LogP contribution in [0, 0.1) is 0 Å². The largest absolute Gasteiger partial charge is 0.463 e. The first-order chi connectivity index (χ1) is 44.2. The van der Waals surface area contributed by atoms with Crippen molar-refractivity contribution in [2.24, 2.45) is 0 Å². The summed E-state index contributed by atoms with van der Waals surface area (Å²) < 4.78 is 64.9. The van der Waals surface area contributed by atoms with Crippen LogP contribution in [0.15, 0.2) is 83.7 Å². The predicted molar refractivity (Wildman–Crippen MR) is 323 cm³/mol. The standard InChI is InChI=1S/C66H67N5O21/c1-7-9-10-19-42-43-27-71-49(25-46-45(61(71)77)30-83-63(78)66(46,81)8-2)55(43)69-48-26-51-57(87-32-86-51)56(54(42)48)70-65(80)84-28-37-20-21-50(91-62-60(90-36(6)75)59(89-35(5)74)58(88-34(4)73)52(92-62)31-82-33(3)72)47(24-37)68-53(76)22-23-67-64(79)85-29-44-40-17-13-11-15-38(40)39-16-12-14-18-41(39)44/h11-18,20-21,24-26,44,52,58-60,62,81H,7-10,19,22-23,27-32H2,1-6H3,(H,67,79)(H,68,76)(H,70,80)/t52-,58-,59?,60+,62+,66+/m1/s1. The van der Waals surface area contributed by atoms with Gasteiger partial charge in [-0.2, -0.15) is 0 Å². The summed E-state index contributed by atoms with van der Waals surface area (Å²) in [6, 6.07) is 23.3. The monoisotopic (exact) mass is 1270 g/mol. The van der Waals surface area contributed by atoms with E-state index < -0.39 is 103 Å². The minimum absolute atomic E-state index is 0.0268. The molecule has 2 aromatic heterocycles. The van der Waals surface area contributed by atoms with Gasteiger partial charge in [0.1, 0.15) is 44.0 Å². The Morgan fingerprint density at radius 1 is 0.739 bits per heavy atom. The molecule has 4 N–H and O–H groups in total. The molecule has 26 heteroatoms. The van der Waals surface area contributed by atoms with Gasteiger partial charge in [-0.05, 0) is 70.8 Å². The molecule has 0 saturated carbocycles. The number of alkyl carbamates (subject to hydrolysis) is 1. The Kier molecular flexibility index (Phi) is 18.5. The maximum Gasteiger partial charge on any atom is 0.412 e. The molecule has 1 unspecified atom stereocenters. The Morgan fingerprint density at radius 3 is 2.14 bits per heavy atom. The molecule has 0 spiro atoms. The van der Waals surface area contributed by atoms with E-state index in [2.05, 4.69) is 22.9 Å². The number of cyclic esters (lactones) is 1. The van der Waals surface area contributed by atoms with Crippen molar-refractivity contribution in [3.05, 3.63) is 128 Å². The molecule has 4 aliphatic heterocycles. The third kappa shape index (κ3) is 12.8. The molecular formula is C66H67N5O21. The Morgan fingerprint density at radius 2 is 1.45 bits per heavy atom. The summed E-state index contributed by atoms with van der Waals surface area (Å²) in [6.07, 6.45) is -7.07. The van der Waals surface area contributed by atoms with Crippen LogP contribution >= 0.6 is 0 Å². The fraction of sp³-hybridized carbons (Fsp3) is 0.394. The minimum Gasteiger partial charge on any atom is -0.463 e. The summed E-state index contributed by atoms with van der Waals surface area (Å²) in [7, 11) is 0. The highest BCUT2D eigenvalue weighted by atomic mass is 16.7. The van der Waals surface area contributed by atoms with Crippen LogP contribution in [-0.2, 0) is 98.4 Å². The van der Waals surface area contributed by atoms with Gasteiger partial charge in [0.25, 0.3) is 5.56 Å². The van der Waals surface area contributed by atoms with Crippen molar-refractivity contribution >= 4 is 70.2 Å². The second-order valence-corrected chi connectivity index (χ2v) is 22.6. The Bertz CT molecular complexity index is 3990. The van der Waals surface area contributed by atoms with Crippen molar-refractivity contribution in [1.82, 2.24) is 14.9 Å². The molecule has 0 bridgehead atoms. The molecule has 482 valence electrons. The zero-order chi connectivity index (χ0) is 65.1. The number of benzene rings is 4. The number of aliphatic hydroxyl groups is 1. The number of nitrogens with one attached hydrogen (secondary N) is 3. The quantitative estimate of drug-likeness (QED) is 0.0305. The Hall–Kier alpha value is -10.1. The highest BCUT2D eigenvalue weighted by Crippen LogP contribution is 2.50. The number of carbonyl (C=O) groups is 8. The van der Waals surface area contributed by atoms with E-state index in [9.17, 15) is 48.3 Å². The number of ether oxygens (including phenoxy) is 11. The van der Waals surface area contributed by atoms with Gasteiger partial charge < -0.3 is 72.4 Å². The second kappa shape index (κ2) is 26.8. The fourth-order valence-electron chi connectivity index (χ4n) is 12.3. The molecule has 6 heterocycles. The number of fused-ring (bicyclic) bond motifs is 9. The predicted octanol–water partition coefficient (Wildman–Crippen LogP) is 7.62. The van der Waals surface area contributed by atoms with Crippen LogP contribution in [0.25, 0.3) is 33.4 Å². The molecule has 92 heavy (non-hydrogen) atoms. The maximum atomic E-state index is 14.3. The number of hydrogen-bond acceptors (Lipinski definition) is 22. The first kappa shape index (κ1) is 63.5. The molecule has 4 aromatic carbocycles. The van der Waals surface area contributed by atoms with Gasteiger partial charge in [-0.1, -0.05) is 81.3 Å². The van der Waals surface area contributed by atoms with E-state index in [1.165, 1.54) is 22.8 Å². The molecule has 11 rings (SSSR count).